The van der Waals surface area contributed by atoms with Crippen LogP contribution in [0, 0.1) is 24.0 Å². The van der Waals surface area contributed by atoms with Gasteiger partial charge in [0, 0.05) is 24.5 Å². The highest BCUT2D eigenvalue weighted by molar-refractivity contribution is 5.94. The van der Waals surface area contributed by atoms with Crippen molar-refractivity contribution in [2.45, 2.75) is 52.7 Å². The van der Waals surface area contributed by atoms with Crippen molar-refractivity contribution in [1.82, 2.24) is 24.6 Å². The van der Waals surface area contributed by atoms with E-state index in [1.165, 1.54) is 6.20 Å². The van der Waals surface area contributed by atoms with Gasteiger partial charge in [-0.3, -0.25) is 9.78 Å². The van der Waals surface area contributed by atoms with Crippen molar-refractivity contribution in [1.29, 1.82) is 0 Å². The van der Waals surface area contributed by atoms with Crippen LogP contribution in [0.3, 0.4) is 0 Å². The molecule has 4 rings (SSSR count). The number of benzene rings is 2. The Bertz CT molecular complexity index is 1470. The Balaban J connectivity index is 1.90. The van der Waals surface area contributed by atoms with Gasteiger partial charge in [0.15, 0.2) is 11.6 Å². The van der Waals surface area contributed by atoms with Gasteiger partial charge in [-0.15, -0.1) is 0 Å². The molecule has 0 fully saturated rings. The fourth-order valence-corrected chi connectivity index (χ4v) is 4.70. The highest BCUT2D eigenvalue weighted by Crippen LogP contribution is 2.39. The van der Waals surface area contributed by atoms with Crippen LogP contribution in [0.15, 0.2) is 66.9 Å². The van der Waals surface area contributed by atoms with E-state index in [1.807, 2.05) is 58.0 Å². The molecular weight excluding hydrogens is 529 g/mol. The third-order valence-corrected chi connectivity index (χ3v) is 6.78. The third kappa shape index (κ3) is 7.18. The number of aromatic nitrogens is 4. The number of amides is 1. The number of hydrogen-bond donors (Lipinski definition) is 1. The molecule has 0 radical (unpaired) electrons. The molecule has 7 nitrogen and oxygen atoms in total. The van der Waals surface area contributed by atoms with E-state index in [1.54, 1.807) is 21.7 Å². The molecular formula is C31H35F3N6O. The molecule has 0 aliphatic rings. The fraction of sp³-hybridized carbons (Fsp3) is 0.355. The van der Waals surface area contributed by atoms with Crippen LogP contribution in [0.2, 0.25) is 0 Å². The molecule has 2 aromatic heterocycles. The quantitative estimate of drug-likeness (QED) is 0.259. The van der Waals surface area contributed by atoms with E-state index in [2.05, 4.69) is 10.1 Å². The average Bonchev–Trinajstić information content (AvgIpc) is 3.34. The predicted octanol–water partition coefficient (Wildman–Crippen LogP) is 5.89. The first-order chi connectivity index (χ1) is 19.5. The number of alkyl halides is 1. The second-order valence-electron chi connectivity index (χ2n) is 11.2. The number of pyridine rings is 1. The van der Waals surface area contributed by atoms with Crippen molar-refractivity contribution >= 4 is 5.91 Å². The van der Waals surface area contributed by atoms with E-state index in [0.29, 0.717) is 11.4 Å². The molecule has 0 aliphatic heterocycles. The third-order valence-electron chi connectivity index (χ3n) is 6.78. The number of rotatable bonds is 10. The molecule has 2 heterocycles. The van der Waals surface area contributed by atoms with Crippen LogP contribution < -0.4 is 5.73 Å². The van der Waals surface area contributed by atoms with Crippen molar-refractivity contribution in [2.75, 3.05) is 13.2 Å². The molecule has 0 bridgehead atoms. The summed E-state index contributed by atoms with van der Waals surface area (Å²) < 4.78 is 44.1. The van der Waals surface area contributed by atoms with Gasteiger partial charge in [0.2, 0.25) is 0 Å². The maximum absolute atomic E-state index is 14.9. The highest BCUT2D eigenvalue weighted by atomic mass is 19.1. The number of nitrogens with zero attached hydrogens (tertiary/aromatic N) is 5. The molecule has 0 saturated heterocycles. The van der Waals surface area contributed by atoms with Crippen LogP contribution in [0.5, 0.6) is 0 Å². The summed E-state index contributed by atoms with van der Waals surface area (Å²) in [5, 5.41) is 4.61. The topological polar surface area (TPSA) is 89.9 Å². The van der Waals surface area contributed by atoms with Crippen molar-refractivity contribution in [3.63, 3.8) is 0 Å². The van der Waals surface area contributed by atoms with Gasteiger partial charge < -0.3 is 10.6 Å². The van der Waals surface area contributed by atoms with Crippen LogP contribution in [-0.4, -0.2) is 49.8 Å². The molecule has 0 saturated carbocycles. The molecule has 2 aromatic carbocycles. The Labute approximate surface area is 238 Å². The van der Waals surface area contributed by atoms with E-state index >= 15 is 0 Å². The minimum Gasteiger partial charge on any atom is -0.328 e. The molecule has 216 valence electrons. The Morgan fingerprint density at radius 2 is 1.80 bits per heavy atom. The summed E-state index contributed by atoms with van der Waals surface area (Å²) in [6, 6.07) is 14.6. The predicted molar refractivity (Wildman–Crippen MR) is 152 cm³/mol. The molecule has 2 atom stereocenters. The SMILES string of the molecule is Cc1ccc(C(=O)N(CCC(N)CF)[C@@H](c2nc(-c3cc(F)ccc3F)nn2Cc2ccccc2)C(C)(C)C)cn1. The summed E-state index contributed by atoms with van der Waals surface area (Å²) >= 11 is 0. The molecule has 41 heavy (non-hydrogen) atoms. The van der Waals surface area contributed by atoms with Gasteiger partial charge in [0.05, 0.1) is 23.7 Å². The van der Waals surface area contributed by atoms with E-state index in [4.69, 9.17) is 10.7 Å². The minimum atomic E-state index is -0.763. The van der Waals surface area contributed by atoms with E-state index in [-0.39, 0.29) is 36.8 Å². The lowest BCUT2D eigenvalue weighted by Gasteiger charge is -2.40. The summed E-state index contributed by atoms with van der Waals surface area (Å²) in [6.45, 7) is 7.33. The standard InChI is InChI=1S/C31H35F3N6O/c1-20-10-11-22(18-36-20)30(41)39(15-14-24(35)17-32)27(31(2,3)4)29-37-28(25-16-23(33)12-13-26(25)34)38-40(29)19-21-8-6-5-7-9-21/h5-13,16,18,24,27H,14-15,17,19,35H2,1-4H3/t24?,27-/m0/s1. The van der Waals surface area contributed by atoms with Crippen molar-refractivity contribution in [3.8, 4) is 11.4 Å². The smallest absolute Gasteiger partial charge is 0.256 e. The molecule has 1 amide bonds. The zero-order valence-electron chi connectivity index (χ0n) is 23.7. The Morgan fingerprint density at radius 1 is 1.07 bits per heavy atom. The number of carbonyl (C=O) groups is 1. The molecule has 4 aromatic rings. The van der Waals surface area contributed by atoms with Crippen molar-refractivity contribution in [2.24, 2.45) is 11.1 Å². The normalized spacial score (nSPS) is 13.2. The van der Waals surface area contributed by atoms with Gasteiger partial charge in [-0.2, -0.15) is 5.10 Å². The van der Waals surface area contributed by atoms with Crippen LogP contribution in [0.4, 0.5) is 13.2 Å². The second-order valence-corrected chi connectivity index (χ2v) is 11.2. The monoisotopic (exact) mass is 564 g/mol. The summed E-state index contributed by atoms with van der Waals surface area (Å²) in [5.41, 5.74) is 7.23. The minimum absolute atomic E-state index is 0.00737. The van der Waals surface area contributed by atoms with E-state index in [0.717, 1.165) is 29.5 Å². The summed E-state index contributed by atoms with van der Waals surface area (Å²) in [6.07, 6.45) is 1.70. The Hall–Kier alpha value is -4.05. The summed E-state index contributed by atoms with van der Waals surface area (Å²) in [5.74, 6) is -1.26. The summed E-state index contributed by atoms with van der Waals surface area (Å²) in [7, 11) is 0. The first-order valence-electron chi connectivity index (χ1n) is 13.5. The van der Waals surface area contributed by atoms with E-state index in [9.17, 15) is 18.0 Å². The van der Waals surface area contributed by atoms with Gasteiger partial charge in [-0.05, 0) is 54.7 Å². The Morgan fingerprint density at radius 3 is 2.44 bits per heavy atom. The number of aryl methyl sites for hydroxylation is 1. The molecule has 10 heteroatoms. The number of carbonyl (C=O) groups excluding carboxylic acids is 1. The maximum Gasteiger partial charge on any atom is 0.256 e. The zero-order chi connectivity index (χ0) is 29.7. The molecule has 1 unspecified atom stereocenters. The highest BCUT2D eigenvalue weighted by Gasteiger charge is 2.39. The first-order valence-corrected chi connectivity index (χ1v) is 13.5. The van der Waals surface area contributed by atoms with Gasteiger partial charge in [-0.25, -0.2) is 22.8 Å². The van der Waals surface area contributed by atoms with Crippen LogP contribution in [0.1, 0.15) is 60.7 Å². The number of halogens is 3. The van der Waals surface area contributed by atoms with Gasteiger partial charge in [-0.1, -0.05) is 51.1 Å². The lowest BCUT2D eigenvalue weighted by atomic mass is 9.84. The van der Waals surface area contributed by atoms with Gasteiger partial charge >= 0.3 is 0 Å². The van der Waals surface area contributed by atoms with Crippen molar-refractivity contribution < 1.29 is 18.0 Å². The van der Waals surface area contributed by atoms with E-state index < -0.39 is 35.8 Å². The van der Waals surface area contributed by atoms with Gasteiger partial charge in [0.25, 0.3) is 5.91 Å². The summed E-state index contributed by atoms with van der Waals surface area (Å²) in [4.78, 5) is 24.7. The Kier molecular flexibility index (Phi) is 9.22. The molecule has 0 spiro atoms. The first kappa shape index (κ1) is 29.9. The zero-order valence-corrected chi connectivity index (χ0v) is 23.7. The maximum atomic E-state index is 14.9. The second kappa shape index (κ2) is 12.6. The number of nitrogens with two attached hydrogens (primary N) is 1. The average molecular weight is 565 g/mol. The fourth-order valence-electron chi connectivity index (χ4n) is 4.70. The van der Waals surface area contributed by atoms with Crippen LogP contribution in [0.25, 0.3) is 11.4 Å². The largest absolute Gasteiger partial charge is 0.328 e. The van der Waals surface area contributed by atoms with Crippen LogP contribution >= 0.6 is 0 Å². The van der Waals surface area contributed by atoms with Gasteiger partial charge in [0.1, 0.15) is 18.3 Å². The number of hydrogen-bond acceptors (Lipinski definition) is 5. The van der Waals surface area contributed by atoms with Crippen LogP contribution in [-0.2, 0) is 6.54 Å². The lowest BCUT2D eigenvalue weighted by Crippen LogP contribution is -2.44. The lowest BCUT2D eigenvalue weighted by molar-refractivity contribution is 0.0469. The van der Waals surface area contributed by atoms with Crippen molar-refractivity contribution in [3.05, 3.63) is 101 Å². The molecule has 2 N–H and O–H groups in total. The molecule has 0 aliphatic carbocycles.